The number of fused-ring (bicyclic) bond motifs is 1. The van der Waals surface area contributed by atoms with E-state index in [2.05, 4.69) is 15.1 Å². The molecule has 3 aromatic rings. The Kier molecular flexibility index (Phi) is 4.85. The van der Waals surface area contributed by atoms with Crippen molar-refractivity contribution in [3.05, 3.63) is 51.8 Å². The van der Waals surface area contributed by atoms with E-state index in [1.807, 2.05) is 26.0 Å². The van der Waals surface area contributed by atoms with Crippen molar-refractivity contribution in [2.24, 2.45) is 0 Å². The minimum atomic E-state index is -0.281. The van der Waals surface area contributed by atoms with Gasteiger partial charge in [-0.1, -0.05) is 23.7 Å². The van der Waals surface area contributed by atoms with E-state index in [9.17, 15) is 4.79 Å². The van der Waals surface area contributed by atoms with Crippen LogP contribution in [0, 0.1) is 13.8 Å². The third kappa shape index (κ3) is 3.88. The molecule has 8 heteroatoms. The number of nitrogens with two attached hydrogens (primary N) is 1. The second kappa shape index (κ2) is 7.06. The second-order valence-corrected chi connectivity index (χ2v) is 6.17. The molecule has 0 unspecified atom stereocenters. The highest BCUT2D eigenvalue weighted by Gasteiger charge is 2.14. The Morgan fingerprint density at radius 3 is 2.88 bits per heavy atom. The van der Waals surface area contributed by atoms with Crippen LogP contribution in [0.5, 0.6) is 0 Å². The lowest BCUT2D eigenvalue weighted by Crippen LogP contribution is -2.10. The van der Waals surface area contributed by atoms with Gasteiger partial charge in [0.1, 0.15) is 6.61 Å². The van der Waals surface area contributed by atoms with Crippen LogP contribution in [0.1, 0.15) is 28.9 Å². The molecule has 0 aliphatic rings. The molecule has 25 heavy (non-hydrogen) atoms. The van der Waals surface area contributed by atoms with E-state index < -0.39 is 0 Å². The van der Waals surface area contributed by atoms with Gasteiger partial charge in [-0.15, -0.1) is 5.10 Å². The Hall–Kier alpha value is -2.67. The number of carbonyl (C=O) groups excluding carboxylic acids is 1. The minimum absolute atomic E-state index is 0.174. The van der Waals surface area contributed by atoms with Gasteiger partial charge in [-0.2, -0.15) is 9.50 Å². The second-order valence-electron chi connectivity index (χ2n) is 5.73. The Bertz CT molecular complexity index is 938. The number of hydrogen-bond donors (Lipinski definition) is 1. The van der Waals surface area contributed by atoms with Crippen LogP contribution in [0.25, 0.3) is 5.78 Å². The summed E-state index contributed by atoms with van der Waals surface area (Å²) in [6.45, 7) is 3.99. The molecule has 0 aliphatic heterocycles. The summed E-state index contributed by atoms with van der Waals surface area (Å²) in [4.78, 5) is 20.5. The molecule has 130 valence electrons. The fourth-order valence-corrected chi connectivity index (χ4v) is 2.89. The van der Waals surface area contributed by atoms with Gasteiger partial charge in [-0.05, 0) is 43.5 Å². The van der Waals surface area contributed by atoms with Crippen molar-refractivity contribution >= 4 is 29.3 Å². The van der Waals surface area contributed by atoms with Crippen LogP contribution < -0.4 is 5.73 Å². The van der Waals surface area contributed by atoms with Crippen molar-refractivity contribution in [2.75, 3.05) is 5.73 Å². The summed E-state index contributed by atoms with van der Waals surface area (Å²) < 4.78 is 6.90. The Labute approximate surface area is 149 Å². The van der Waals surface area contributed by atoms with Gasteiger partial charge in [0.05, 0.1) is 0 Å². The van der Waals surface area contributed by atoms with E-state index in [-0.39, 0.29) is 24.9 Å². The molecule has 0 atom stereocenters. The molecule has 0 radical (unpaired) electrons. The molecular formula is C17H18ClN5O2. The number of nitrogen functional groups attached to an aromatic ring is 1. The number of halogens is 1. The van der Waals surface area contributed by atoms with E-state index in [1.54, 1.807) is 16.6 Å². The lowest BCUT2D eigenvalue weighted by molar-refractivity contribution is -0.144. The number of ether oxygens (including phenoxy) is 1. The summed E-state index contributed by atoms with van der Waals surface area (Å²) in [6, 6.07) is 7.23. The molecule has 0 spiro atoms. The van der Waals surface area contributed by atoms with Gasteiger partial charge in [-0.3, -0.25) is 4.79 Å². The van der Waals surface area contributed by atoms with Crippen molar-refractivity contribution in [3.63, 3.8) is 0 Å². The molecule has 0 fully saturated rings. The Morgan fingerprint density at radius 1 is 1.32 bits per heavy atom. The highest BCUT2D eigenvalue weighted by Crippen LogP contribution is 2.17. The van der Waals surface area contributed by atoms with Crippen LogP contribution >= 0.6 is 11.6 Å². The summed E-state index contributed by atoms with van der Waals surface area (Å²) in [5.41, 5.74) is 9.09. The first-order chi connectivity index (χ1) is 11.9. The predicted molar refractivity (Wildman–Crippen MR) is 94.2 cm³/mol. The van der Waals surface area contributed by atoms with Gasteiger partial charge >= 0.3 is 5.97 Å². The highest BCUT2D eigenvalue weighted by molar-refractivity contribution is 6.30. The monoisotopic (exact) mass is 359 g/mol. The van der Waals surface area contributed by atoms with Gasteiger partial charge in [-0.25, -0.2) is 4.98 Å². The van der Waals surface area contributed by atoms with Gasteiger partial charge in [0, 0.05) is 22.8 Å². The van der Waals surface area contributed by atoms with Crippen LogP contribution in [-0.2, 0) is 22.6 Å². The zero-order valence-electron chi connectivity index (χ0n) is 14.0. The molecule has 0 saturated heterocycles. The zero-order valence-corrected chi connectivity index (χ0v) is 14.7. The number of aromatic nitrogens is 4. The fraction of sp³-hybridized carbons (Fsp3) is 0.294. The van der Waals surface area contributed by atoms with Gasteiger partial charge < -0.3 is 10.5 Å². The van der Waals surface area contributed by atoms with Crippen LogP contribution in [0.15, 0.2) is 24.3 Å². The molecule has 0 aliphatic carbocycles. The fourth-order valence-electron chi connectivity index (χ4n) is 2.68. The van der Waals surface area contributed by atoms with Crippen LogP contribution in [-0.4, -0.2) is 25.6 Å². The topological polar surface area (TPSA) is 95.4 Å². The standard InChI is InChI=1S/C17H18ClN5O2/c1-10-14(11(2)23-17(20-10)21-16(19)22-23)6-7-15(24)25-9-12-4-3-5-13(18)8-12/h3-5,8H,6-7,9H2,1-2H3,(H2,19,22). The van der Waals surface area contributed by atoms with E-state index in [0.29, 0.717) is 17.2 Å². The number of hydrogen-bond acceptors (Lipinski definition) is 6. The Morgan fingerprint density at radius 2 is 2.12 bits per heavy atom. The van der Waals surface area contributed by atoms with Crippen molar-refractivity contribution in [1.82, 2.24) is 19.6 Å². The zero-order chi connectivity index (χ0) is 18.0. The van der Waals surface area contributed by atoms with E-state index in [0.717, 1.165) is 22.5 Å². The number of aryl methyl sites for hydroxylation is 2. The van der Waals surface area contributed by atoms with Crippen molar-refractivity contribution in [3.8, 4) is 0 Å². The number of rotatable bonds is 5. The van der Waals surface area contributed by atoms with Crippen molar-refractivity contribution in [1.29, 1.82) is 0 Å². The largest absolute Gasteiger partial charge is 0.461 e. The first-order valence-electron chi connectivity index (χ1n) is 7.82. The van der Waals surface area contributed by atoms with Crippen molar-refractivity contribution < 1.29 is 9.53 Å². The maximum atomic E-state index is 12.0. The summed E-state index contributed by atoms with van der Waals surface area (Å²) in [5, 5.41) is 4.73. The number of carbonyl (C=O) groups is 1. The molecule has 1 aromatic carbocycles. The van der Waals surface area contributed by atoms with E-state index in [1.165, 1.54) is 0 Å². The SMILES string of the molecule is Cc1nc2nc(N)nn2c(C)c1CCC(=O)OCc1cccc(Cl)c1. The van der Waals surface area contributed by atoms with Crippen LogP contribution in [0.3, 0.4) is 0 Å². The molecule has 2 heterocycles. The summed E-state index contributed by atoms with van der Waals surface area (Å²) in [6.07, 6.45) is 0.758. The third-order valence-electron chi connectivity index (χ3n) is 3.93. The quantitative estimate of drug-likeness (QED) is 0.703. The summed E-state index contributed by atoms with van der Waals surface area (Å²) in [7, 11) is 0. The number of benzene rings is 1. The molecule has 0 bridgehead atoms. The normalized spacial score (nSPS) is 11.0. The smallest absolute Gasteiger partial charge is 0.306 e. The third-order valence-corrected chi connectivity index (χ3v) is 4.17. The lowest BCUT2D eigenvalue weighted by atomic mass is 10.1. The number of esters is 1. The molecule has 2 aromatic heterocycles. The first-order valence-corrected chi connectivity index (χ1v) is 8.20. The maximum absolute atomic E-state index is 12.0. The first kappa shape index (κ1) is 17.2. The average Bonchev–Trinajstić information content (AvgIpc) is 2.93. The van der Waals surface area contributed by atoms with Crippen LogP contribution in [0.2, 0.25) is 5.02 Å². The van der Waals surface area contributed by atoms with Crippen LogP contribution in [0.4, 0.5) is 5.95 Å². The van der Waals surface area contributed by atoms with E-state index >= 15 is 0 Å². The molecule has 2 N–H and O–H groups in total. The Balaban J connectivity index is 1.65. The number of anilines is 1. The molecule has 0 saturated carbocycles. The maximum Gasteiger partial charge on any atom is 0.306 e. The average molecular weight is 360 g/mol. The van der Waals surface area contributed by atoms with E-state index in [4.69, 9.17) is 22.1 Å². The molecular weight excluding hydrogens is 342 g/mol. The summed E-state index contributed by atoms with van der Waals surface area (Å²) >= 11 is 5.92. The van der Waals surface area contributed by atoms with Gasteiger partial charge in [0.2, 0.25) is 5.95 Å². The van der Waals surface area contributed by atoms with Gasteiger partial charge in [0.25, 0.3) is 5.78 Å². The molecule has 0 amide bonds. The highest BCUT2D eigenvalue weighted by atomic mass is 35.5. The predicted octanol–water partition coefficient (Wildman–Crippen LogP) is 2.65. The minimum Gasteiger partial charge on any atom is -0.461 e. The molecule has 3 rings (SSSR count). The molecule has 7 nitrogen and oxygen atoms in total. The van der Waals surface area contributed by atoms with Crippen molar-refractivity contribution in [2.45, 2.75) is 33.3 Å². The lowest BCUT2D eigenvalue weighted by Gasteiger charge is -2.10. The summed E-state index contributed by atoms with van der Waals surface area (Å²) in [5.74, 6) is 0.352. The number of nitrogens with zero attached hydrogens (tertiary/aromatic N) is 4. The van der Waals surface area contributed by atoms with Gasteiger partial charge in [0.15, 0.2) is 0 Å².